The van der Waals surface area contributed by atoms with Crippen molar-refractivity contribution in [2.75, 3.05) is 6.61 Å². The molecule has 1 fully saturated rings. The largest absolute Gasteiger partial charge is 0.466 e. The predicted octanol–water partition coefficient (Wildman–Crippen LogP) is 4.51. The van der Waals surface area contributed by atoms with Crippen LogP contribution in [0.25, 0.3) is 0 Å². The van der Waals surface area contributed by atoms with E-state index in [1.165, 1.54) is 25.3 Å². The molecule has 0 aliphatic heterocycles. The number of esters is 1. The van der Waals surface area contributed by atoms with Crippen molar-refractivity contribution in [1.82, 2.24) is 0 Å². The van der Waals surface area contributed by atoms with E-state index in [1.807, 2.05) is 0 Å². The lowest BCUT2D eigenvalue weighted by Gasteiger charge is -2.48. The lowest BCUT2D eigenvalue weighted by Crippen LogP contribution is -2.40. The number of hydrogen-bond donors (Lipinski definition) is 0. The van der Waals surface area contributed by atoms with E-state index in [9.17, 15) is 4.79 Å². The van der Waals surface area contributed by atoms with Gasteiger partial charge in [0.15, 0.2) is 0 Å². The number of allylic oxidation sites excluding steroid dienone is 3. The molecule has 0 amide bonds. The van der Waals surface area contributed by atoms with Gasteiger partial charge in [-0.1, -0.05) is 38.2 Å². The first-order valence-corrected chi connectivity index (χ1v) is 7.34. The molecule has 0 radical (unpaired) electrons. The van der Waals surface area contributed by atoms with Gasteiger partial charge in [-0.25, -0.2) is 0 Å². The zero-order chi connectivity index (χ0) is 14.5. The second kappa shape index (κ2) is 6.93. The summed E-state index contributed by atoms with van der Waals surface area (Å²) in [6.07, 6.45) is 9.08. The normalized spacial score (nSPS) is 26.5. The van der Waals surface area contributed by atoms with Crippen LogP contribution in [0.4, 0.5) is 0 Å². The average molecular weight is 264 g/mol. The lowest BCUT2D eigenvalue weighted by molar-refractivity contribution is -0.142. The third kappa shape index (κ3) is 4.52. The fraction of sp³-hybridized carbons (Fsp3) is 0.706. The summed E-state index contributed by atoms with van der Waals surface area (Å²) >= 11 is 0. The first kappa shape index (κ1) is 16.0. The molecule has 2 heteroatoms. The van der Waals surface area contributed by atoms with E-state index in [2.05, 4.69) is 39.5 Å². The lowest BCUT2D eigenvalue weighted by atomic mass is 9.56. The number of rotatable bonds is 7. The molecule has 0 heterocycles. The molecule has 0 spiro atoms. The first-order chi connectivity index (χ1) is 8.87. The summed E-state index contributed by atoms with van der Waals surface area (Å²) < 4.78 is 5.13. The van der Waals surface area contributed by atoms with Gasteiger partial charge in [-0.15, -0.1) is 0 Å². The molecular formula is C17H28O2. The van der Waals surface area contributed by atoms with E-state index in [0.29, 0.717) is 18.4 Å². The van der Waals surface area contributed by atoms with Crippen LogP contribution >= 0.6 is 0 Å². The van der Waals surface area contributed by atoms with Crippen LogP contribution in [-0.4, -0.2) is 12.6 Å². The van der Waals surface area contributed by atoms with Crippen molar-refractivity contribution >= 4 is 5.97 Å². The highest BCUT2D eigenvalue weighted by Gasteiger charge is 2.44. The van der Waals surface area contributed by atoms with E-state index in [1.54, 1.807) is 0 Å². The molecule has 1 aliphatic carbocycles. The van der Waals surface area contributed by atoms with Gasteiger partial charge in [0, 0.05) is 6.92 Å². The summed E-state index contributed by atoms with van der Waals surface area (Å²) in [4.78, 5) is 10.9. The van der Waals surface area contributed by atoms with Crippen LogP contribution < -0.4 is 0 Å². The highest BCUT2D eigenvalue weighted by molar-refractivity contribution is 5.65. The Hall–Kier alpha value is -1.05. The molecule has 1 unspecified atom stereocenters. The van der Waals surface area contributed by atoms with Crippen molar-refractivity contribution in [1.29, 1.82) is 0 Å². The first-order valence-electron chi connectivity index (χ1n) is 7.34. The van der Waals surface area contributed by atoms with Gasteiger partial charge in [0.1, 0.15) is 0 Å². The molecule has 108 valence electrons. The molecule has 0 saturated heterocycles. The van der Waals surface area contributed by atoms with Crippen molar-refractivity contribution < 1.29 is 9.53 Å². The summed E-state index contributed by atoms with van der Waals surface area (Å²) in [5.41, 5.74) is 1.43. The Kier molecular flexibility index (Phi) is 5.84. The van der Waals surface area contributed by atoms with Crippen LogP contribution in [-0.2, 0) is 9.53 Å². The minimum atomic E-state index is -0.187. The summed E-state index contributed by atoms with van der Waals surface area (Å²) in [6.45, 7) is 12.7. The van der Waals surface area contributed by atoms with Gasteiger partial charge < -0.3 is 4.74 Å². The highest BCUT2D eigenvalue weighted by atomic mass is 16.5. The van der Waals surface area contributed by atoms with Crippen molar-refractivity contribution in [3.63, 3.8) is 0 Å². The third-order valence-electron chi connectivity index (χ3n) is 4.12. The van der Waals surface area contributed by atoms with Gasteiger partial charge in [-0.3, -0.25) is 4.79 Å². The maximum absolute atomic E-state index is 10.9. The number of carbonyl (C=O) groups is 1. The van der Waals surface area contributed by atoms with Crippen LogP contribution in [0.15, 0.2) is 24.3 Å². The zero-order valence-electron chi connectivity index (χ0n) is 12.9. The van der Waals surface area contributed by atoms with E-state index in [0.717, 1.165) is 12.8 Å². The molecule has 0 N–H and O–H groups in total. The second-order valence-corrected chi connectivity index (χ2v) is 6.29. The van der Waals surface area contributed by atoms with Gasteiger partial charge in [-0.05, 0) is 49.9 Å². The fourth-order valence-corrected chi connectivity index (χ4v) is 2.94. The van der Waals surface area contributed by atoms with Crippen molar-refractivity contribution in [3.05, 3.63) is 24.3 Å². The molecule has 0 bridgehead atoms. The van der Waals surface area contributed by atoms with Gasteiger partial charge in [0.2, 0.25) is 0 Å². The number of ether oxygens (including phenoxy) is 1. The predicted molar refractivity (Wildman–Crippen MR) is 79.8 cm³/mol. The third-order valence-corrected chi connectivity index (χ3v) is 4.12. The number of hydrogen-bond acceptors (Lipinski definition) is 2. The minimum absolute atomic E-state index is 0.177. The van der Waals surface area contributed by atoms with Crippen LogP contribution in [0, 0.1) is 17.3 Å². The van der Waals surface area contributed by atoms with Crippen molar-refractivity contribution in [2.24, 2.45) is 17.3 Å². The molecule has 2 nitrogen and oxygen atoms in total. The summed E-state index contributed by atoms with van der Waals surface area (Å²) in [5, 5.41) is 0. The van der Waals surface area contributed by atoms with Gasteiger partial charge in [-0.2, -0.15) is 0 Å². The summed E-state index contributed by atoms with van der Waals surface area (Å²) in [7, 11) is 0. The Morgan fingerprint density at radius 3 is 2.58 bits per heavy atom. The summed E-state index contributed by atoms with van der Waals surface area (Å²) in [5.74, 6) is 1.05. The second-order valence-electron chi connectivity index (χ2n) is 6.29. The van der Waals surface area contributed by atoms with Crippen LogP contribution in [0.2, 0.25) is 0 Å². The maximum Gasteiger partial charge on any atom is 0.302 e. The molecule has 1 aliphatic rings. The van der Waals surface area contributed by atoms with Crippen LogP contribution in [0.3, 0.4) is 0 Å². The van der Waals surface area contributed by atoms with Gasteiger partial charge in [0.25, 0.3) is 0 Å². The Balaban J connectivity index is 2.65. The average Bonchev–Trinajstić information content (AvgIpc) is 2.23. The monoisotopic (exact) mass is 264 g/mol. The molecule has 19 heavy (non-hydrogen) atoms. The van der Waals surface area contributed by atoms with Crippen molar-refractivity contribution in [3.8, 4) is 0 Å². The quantitative estimate of drug-likeness (QED) is 0.499. The van der Waals surface area contributed by atoms with Gasteiger partial charge >= 0.3 is 5.97 Å². The Labute approximate surface area is 117 Å². The SMILES string of the molecule is C=C(C)C1CC[C@]1(C=CCC(C)C)CCOC(C)=O. The van der Waals surface area contributed by atoms with E-state index in [4.69, 9.17) is 4.74 Å². The standard InChI is InChI=1S/C17H28O2/c1-13(2)7-6-9-17(11-12-19-15(5)18)10-8-16(17)14(3)4/h6,9,13,16H,3,7-8,10-12H2,1-2,4-5H3/t16?,17-/m1/s1. The van der Waals surface area contributed by atoms with Crippen LogP contribution in [0.1, 0.15) is 53.4 Å². The molecule has 0 aromatic rings. The molecule has 2 atom stereocenters. The fourth-order valence-electron chi connectivity index (χ4n) is 2.94. The zero-order valence-corrected chi connectivity index (χ0v) is 12.9. The van der Waals surface area contributed by atoms with Crippen molar-refractivity contribution in [2.45, 2.75) is 53.4 Å². The molecule has 1 saturated carbocycles. The maximum atomic E-state index is 10.9. The smallest absolute Gasteiger partial charge is 0.302 e. The minimum Gasteiger partial charge on any atom is -0.466 e. The topological polar surface area (TPSA) is 26.3 Å². The Morgan fingerprint density at radius 1 is 1.47 bits per heavy atom. The highest BCUT2D eigenvalue weighted by Crippen LogP contribution is 2.53. The van der Waals surface area contributed by atoms with E-state index < -0.39 is 0 Å². The Bertz CT molecular complexity index is 354. The molecule has 1 rings (SSSR count). The molecule has 0 aromatic heterocycles. The Morgan fingerprint density at radius 2 is 2.16 bits per heavy atom. The van der Waals surface area contributed by atoms with E-state index >= 15 is 0 Å². The molecular weight excluding hydrogens is 236 g/mol. The summed E-state index contributed by atoms with van der Waals surface area (Å²) in [6, 6.07) is 0. The van der Waals surface area contributed by atoms with E-state index in [-0.39, 0.29) is 11.4 Å². The molecule has 0 aromatic carbocycles. The van der Waals surface area contributed by atoms with Crippen LogP contribution in [0.5, 0.6) is 0 Å². The van der Waals surface area contributed by atoms with Gasteiger partial charge in [0.05, 0.1) is 6.61 Å². The number of carbonyl (C=O) groups excluding carboxylic acids is 1.